The minimum atomic E-state index is -0.0934. The minimum Gasteiger partial charge on any atom is -0.376 e. The van der Waals surface area contributed by atoms with Gasteiger partial charge in [0, 0.05) is 7.92 Å². The van der Waals surface area contributed by atoms with Crippen LogP contribution >= 0.6 is 0 Å². The molecule has 1 rings (SSSR count). The molecule has 0 aromatic carbocycles. The Kier molecular flexibility index (Phi) is 3.53. The summed E-state index contributed by atoms with van der Waals surface area (Å²) >= 11 is 0. The molecule has 0 bridgehead atoms. The molecule has 0 aromatic rings. The average molecular weight is 183 g/mol. The van der Waals surface area contributed by atoms with Gasteiger partial charge in [0.25, 0.3) is 7.41 Å². The van der Waals surface area contributed by atoms with Gasteiger partial charge in [0.05, 0.1) is 0 Å². The topological polar surface area (TPSA) is 32.3 Å². The maximum atomic E-state index is 11.4. The van der Waals surface area contributed by atoms with Crippen LogP contribution in [-0.4, -0.2) is 31.8 Å². The second kappa shape index (κ2) is 5.15. The number of hydrogen-bond acceptors (Lipinski definition) is 1. The molecular formula is C9H18BN2O. The molecule has 3 nitrogen and oxygen atoms in total. The Morgan fingerprint density at radius 1 is 1.69 bits per heavy atom. The van der Waals surface area contributed by atoms with E-state index >= 15 is 0 Å². The zero-order chi connectivity index (χ0) is 10.4. The molecular weight excluding hydrogens is 163 g/mol. The first-order valence-electron chi connectivity index (χ1n) is 5.59. The molecule has 13 heavy (non-hydrogen) atoms. The summed E-state index contributed by atoms with van der Waals surface area (Å²) in [5.74, 6) is 0.571. The Bertz CT molecular complexity index is 186. The van der Waals surface area contributed by atoms with Crippen LogP contribution in [0.5, 0.6) is 0 Å². The van der Waals surface area contributed by atoms with Crippen molar-refractivity contribution < 1.29 is 6.17 Å². The largest absolute Gasteiger partial charge is 0.376 e. The lowest BCUT2D eigenvalue weighted by Crippen LogP contribution is -2.40. The number of urea groups is 1. The zero-order valence-corrected chi connectivity index (χ0v) is 8.25. The van der Waals surface area contributed by atoms with Crippen LogP contribution in [0.4, 0.5) is 4.79 Å². The summed E-state index contributed by atoms with van der Waals surface area (Å²) in [7, 11) is 3.78. The van der Waals surface area contributed by atoms with Crippen LogP contribution in [0.25, 0.3) is 0 Å². The molecule has 1 radical (unpaired) electrons. The van der Waals surface area contributed by atoms with Crippen molar-refractivity contribution in [1.29, 1.82) is 0 Å². The average Bonchev–Trinajstić information content (AvgIpc) is 2.66. The molecule has 73 valence electrons. The van der Waals surface area contributed by atoms with Gasteiger partial charge >= 0.3 is 6.03 Å². The minimum absolute atomic E-state index is 0.0934. The van der Waals surface area contributed by atoms with Gasteiger partial charge in [0.1, 0.15) is 0 Å². The molecule has 0 spiro atoms. The van der Waals surface area contributed by atoms with Crippen LogP contribution in [0.3, 0.4) is 0 Å². The van der Waals surface area contributed by atoms with Gasteiger partial charge in [-0.3, -0.25) is 4.79 Å². The normalized spacial score (nSPS) is 18.1. The summed E-state index contributed by atoms with van der Waals surface area (Å²) in [6, 6.07) is -0.0934. The Morgan fingerprint density at radius 2 is 2.38 bits per heavy atom. The lowest BCUT2D eigenvalue weighted by Gasteiger charge is -2.19. The Labute approximate surface area is 82.5 Å². The van der Waals surface area contributed by atoms with Gasteiger partial charge in [-0.15, -0.1) is 0 Å². The van der Waals surface area contributed by atoms with E-state index in [0.717, 1.165) is 0 Å². The number of amides is 2. The third-order valence-electron chi connectivity index (χ3n) is 2.43. The highest BCUT2D eigenvalue weighted by Gasteiger charge is 2.20. The van der Waals surface area contributed by atoms with Crippen molar-refractivity contribution in [3.05, 3.63) is 0 Å². The van der Waals surface area contributed by atoms with Crippen molar-refractivity contribution in [1.82, 2.24) is 10.1 Å². The van der Waals surface area contributed by atoms with E-state index in [2.05, 4.69) is 5.32 Å². The van der Waals surface area contributed by atoms with Crippen LogP contribution in [-0.2, 0) is 0 Å². The molecule has 1 saturated carbocycles. The maximum absolute atomic E-state index is 11.4. The highest BCUT2D eigenvalue weighted by molar-refractivity contribution is 6.38. The summed E-state index contributed by atoms with van der Waals surface area (Å²) in [4.78, 5) is 13.0. The SMILES string of the molecule is [3H]CCNC(=O)N(C)[B]C1CCCC1. The van der Waals surface area contributed by atoms with Crippen molar-refractivity contribution in [2.24, 2.45) is 0 Å². The van der Waals surface area contributed by atoms with Crippen molar-refractivity contribution in [2.45, 2.75) is 38.4 Å². The van der Waals surface area contributed by atoms with Crippen molar-refractivity contribution >= 4 is 13.4 Å². The van der Waals surface area contributed by atoms with Gasteiger partial charge in [-0.25, -0.2) is 0 Å². The van der Waals surface area contributed by atoms with E-state index in [1.807, 2.05) is 7.41 Å². The van der Waals surface area contributed by atoms with E-state index in [4.69, 9.17) is 1.37 Å². The summed E-state index contributed by atoms with van der Waals surface area (Å²) in [6.45, 7) is 0.671. The van der Waals surface area contributed by atoms with Gasteiger partial charge in [0.15, 0.2) is 0 Å². The van der Waals surface area contributed by atoms with E-state index in [-0.39, 0.29) is 12.9 Å². The van der Waals surface area contributed by atoms with E-state index in [1.165, 1.54) is 25.7 Å². The van der Waals surface area contributed by atoms with Crippen LogP contribution in [0.15, 0.2) is 0 Å². The van der Waals surface area contributed by atoms with Crippen molar-refractivity contribution in [2.75, 3.05) is 13.6 Å². The molecule has 0 saturated heterocycles. The standard InChI is InChI=1S/C9H18BN2O/c1-3-11-9(13)12(2)10-8-6-4-5-7-8/h8H,3-7H2,1-2H3,(H,11,13)/i1T. The first-order valence-corrected chi connectivity index (χ1v) is 4.89. The maximum Gasteiger partial charge on any atom is 0.304 e. The predicted molar refractivity (Wildman–Crippen MR) is 54.8 cm³/mol. The fraction of sp³-hybridized carbons (Fsp3) is 0.889. The number of hydrogen-bond donors (Lipinski definition) is 1. The van der Waals surface area contributed by atoms with Crippen LogP contribution in [0.1, 0.15) is 34.0 Å². The number of nitrogens with one attached hydrogen (secondary N) is 1. The Hall–Kier alpha value is -0.665. The second-order valence-electron chi connectivity index (χ2n) is 3.54. The van der Waals surface area contributed by atoms with Gasteiger partial charge in [0.2, 0.25) is 0 Å². The highest BCUT2D eigenvalue weighted by atomic mass is 16.2. The lowest BCUT2D eigenvalue weighted by atomic mass is 9.73. The van der Waals surface area contributed by atoms with E-state index < -0.39 is 0 Å². The van der Waals surface area contributed by atoms with Gasteiger partial charge < -0.3 is 10.1 Å². The molecule has 4 heteroatoms. The molecule has 0 aliphatic heterocycles. The van der Waals surface area contributed by atoms with E-state index in [1.54, 1.807) is 11.9 Å². The number of carbonyl (C=O) groups is 1. The number of rotatable bonds is 3. The molecule has 0 unspecified atom stereocenters. The lowest BCUT2D eigenvalue weighted by molar-refractivity contribution is 0.228. The van der Waals surface area contributed by atoms with Crippen LogP contribution in [0, 0.1) is 0 Å². The molecule has 2 amide bonds. The first kappa shape index (κ1) is 8.91. The number of nitrogens with zero attached hydrogens (tertiary/aromatic N) is 1. The van der Waals surface area contributed by atoms with E-state index in [9.17, 15) is 4.79 Å². The monoisotopic (exact) mass is 183 g/mol. The van der Waals surface area contributed by atoms with Crippen molar-refractivity contribution in [3.8, 4) is 0 Å². The van der Waals surface area contributed by atoms with Crippen LogP contribution in [0.2, 0.25) is 5.82 Å². The predicted octanol–water partition coefficient (Wildman–Crippen LogP) is 1.63. The summed E-state index contributed by atoms with van der Waals surface area (Å²) in [6.07, 6.45) is 4.97. The smallest absolute Gasteiger partial charge is 0.304 e. The summed E-state index contributed by atoms with van der Waals surface area (Å²) < 4.78 is 6.92. The third kappa shape index (κ3) is 3.29. The molecule has 0 heterocycles. The van der Waals surface area contributed by atoms with E-state index in [0.29, 0.717) is 12.4 Å². The van der Waals surface area contributed by atoms with Crippen LogP contribution < -0.4 is 5.32 Å². The van der Waals surface area contributed by atoms with Gasteiger partial charge in [-0.05, 0) is 19.8 Å². The summed E-state index contributed by atoms with van der Waals surface area (Å²) in [5, 5.41) is 2.67. The molecule has 1 aliphatic carbocycles. The molecule has 1 fully saturated rings. The van der Waals surface area contributed by atoms with Gasteiger partial charge in [-0.2, -0.15) is 0 Å². The fourth-order valence-electron chi connectivity index (χ4n) is 1.72. The first-order chi connectivity index (χ1) is 6.74. The Morgan fingerprint density at radius 3 is 3.00 bits per heavy atom. The van der Waals surface area contributed by atoms with Gasteiger partial charge in [-0.1, -0.05) is 25.7 Å². The number of carbonyl (C=O) groups excluding carboxylic acids is 1. The zero-order valence-electron chi connectivity index (χ0n) is 9.25. The third-order valence-corrected chi connectivity index (χ3v) is 2.43. The Balaban J connectivity index is 2.18. The van der Waals surface area contributed by atoms with Crippen molar-refractivity contribution in [3.63, 3.8) is 0 Å². The summed E-state index contributed by atoms with van der Waals surface area (Å²) in [5.41, 5.74) is 0. The fourth-order valence-corrected chi connectivity index (χ4v) is 1.72. The second-order valence-corrected chi connectivity index (χ2v) is 3.54. The molecule has 0 aromatic heterocycles. The molecule has 0 atom stereocenters. The molecule has 1 N–H and O–H groups in total. The highest BCUT2D eigenvalue weighted by Crippen LogP contribution is 2.29. The quantitative estimate of drug-likeness (QED) is 0.662. The molecule has 1 aliphatic rings.